The van der Waals surface area contributed by atoms with Crippen molar-refractivity contribution in [3.8, 4) is 0 Å². The average Bonchev–Trinajstić information content (AvgIpc) is 2.54. The van der Waals surface area contributed by atoms with Crippen LogP contribution in [0.25, 0.3) is 0 Å². The van der Waals surface area contributed by atoms with Gasteiger partial charge in [0.25, 0.3) is 0 Å². The van der Waals surface area contributed by atoms with Crippen LogP contribution in [0.5, 0.6) is 0 Å². The monoisotopic (exact) mass is 375 g/mol. The molecule has 0 bridgehead atoms. The predicted molar refractivity (Wildman–Crippen MR) is 115 cm³/mol. The quantitative estimate of drug-likeness (QED) is 0.378. The molecule has 1 fully saturated rings. The summed E-state index contributed by atoms with van der Waals surface area (Å²) in [4.78, 5) is 0. The van der Waals surface area contributed by atoms with Gasteiger partial charge >= 0.3 is 0 Å². The molecule has 125 valence electrons. The molecule has 21 heavy (non-hydrogen) atoms. The fraction of sp³-hybridized carbons (Fsp3) is 1.00. The van der Waals surface area contributed by atoms with Crippen LogP contribution in [0.3, 0.4) is 0 Å². The van der Waals surface area contributed by atoms with E-state index in [1.54, 1.807) is 12.8 Å². The molecule has 1 aliphatic heterocycles. The molecule has 1 saturated heterocycles. The topological polar surface area (TPSA) is 0 Å². The van der Waals surface area contributed by atoms with Crippen LogP contribution < -0.4 is 0 Å². The summed E-state index contributed by atoms with van der Waals surface area (Å²) in [5, 5.41) is 0. The Morgan fingerprint density at radius 3 is 0.762 bits per heavy atom. The lowest BCUT2D eigenvalue weighted by Gasteiger charge is -2.55. The lowest BCUT2D eigenvalue weighted by Crippen LogP contribution is -2.66. The number of hydrogen-bond acceptors (Lipinski definition) is 0. The zero-order valence-electron chi connectivity index (χ0n) is 16.9. The molecule has 1 radical (unpaired) electrons. The first-order chi connectivity index (χ1) is 8.91. The SMILES string of the molecule is C[Si](C)(C)C1([Si](C)(C)C)CCC([Si](C)(C)C)([Si](C)(C)C)[P]1. The lowest BCUT2D eigenvalue weighted by molar-refractivity contribution is 0.775. The Morgan fingerprint density at radius 2 is 0.667 bits per heavy atom. The minimum Gasteiger partial charge on any atom is -0.0793 e. The molecule has 0 nitrogen and oxygen atoms in total. The van der Waals surface area contributed by atoms with Crippen LogP contribution in [-0.4, -0.2) is 41.1 Å². The highest BCUT2D eigenvalue weighted by Gasteiger charge is 2.66. The zero-order chi connectivity index (χ0) is 17.1. The zero-order valence-corrected chi connectivity index (χ0v) is 21.8. The summed E-state index contributed by atoms with van der Waals surface area (Å²) >= 11 is 0. The van der Waals surface area contributed by atoms with E-state index in [0.29, 0.717) is 0 Å². The van der Waals surface area contributed by atoms with Gasteiger partial charge < -0.3 is 0 Å². The molecule has 1 aliphatic rings. The van der Waals surface area contributed by atoms with Crippen molar-refractivity contribution in [2.24, 2.45) is 0 Å². The van der Waals surface area contributed by atoms with E-state index in [4.69, 9.17) is 0 Å². The first-order valence-corrected chi connectivity index (χ1v) is 23.5. The second-order valence-corrected chi connectivity index (χ2v) is 37.2. The maximum absolute atomic E-state index is 2.67. The Kier molecular flexibility index (Phi) is 5.23. The highest BCUT2D eigenvalue weighted by Crippen LogP contribution is 2.67. The van der Waals surface area contributed by atoms with Gasteiger partial charge in [-0.1, -0.05) is 87.1 Å². The van der Waals surface area contributed by atoms with Crippen molar-refractivity contribution in [1.29, 1.82) is 0 Å². The molecule has 0 aromatic rings. The second kappa shape index (κ2) is 5.40. The Balaban J connectivity index is 3.49. The van der Waals surface area contributed by atoms with Crippen molar-refractivity contribution in [3.63, 3.8) is 0 Å². The summed E-state index contributed by atoms with van der Waals surface area (Å²) in [6.45, 7) is 32.0. The molecular formula is C16H40PSi4. The van der Waals surface area contributed by atoms with Gasteiger partial charge in [-0.05, 0) is 21.6 Å². The van der Waals surface area contributed by atoms with Crippen LogP contribution in [0.1, 0.15) is 12.8 Å². The largest absolute Gasteiger partial charge is 0.0793 e. The van der Waals surface area contributed by atoms with Gasteiger partial charge in [-0.15, -0.1) is 0 Å². The van der Waals surface area contributed by atoms with Crippen molar-refractivity contribution in [2.75, 3.05) is 0 Å². The van der Waals surface area contributed by atoms with Gasteiger partial charge in [-0.25, -0.2) is 0 Å². The molecule has 0 aliphatic carbocycles. The fourth-order valence-corrected chi connectivity index (χ4v) is 36.8. The number of hydrogen-bond donors (Lipinski definition) is 0. The summed E-state index contributed by atoms with van der Waals surface area (Å²) < 4.78 is 1.47. The standard InChI is InChI=1S/C16H40PSi4/c1-18(2,3)15(19(4,5)6)13-14-16(17-15,20(7,8)9)21(10,11)12/h13-14H2,1-12H3. The van der Waals surface area contributed by atoms with E-state index in [1.807, 2.05) is 8.58 Å². The molecule has 0 atom stereocenters. The van der Waals surface area contributed by atoms with Crippen LogP contribution in [0.15, 0.2) is 0 Å². The van der Waals surface area contributed by atoms with Crippen LogP contribution in [0.2, 0.25) is 78.6 Å². The van der Waals surface area contributed by atoms with Crippen molar-refractivity contribution >= 4 is 40.9 Å². The van der Waals surface area contributed by atoms with E-state index < -0.39 is 32.3 Å². The van der Waals surface area contributed by atoms with Gasteiger partial charge in [-0.2, -0.15) is 0 Å². The summed E-state index contributed by atoms with van der Waals surface area (Å²) in [5.74, 6) is 0. The van der Waals surface area contributed by atoms with Crippen LogP contribution in [-0.2, 0) is 0 Å². The van der Waals surface area contributed by atoms with E-state index in [9.17, 15) is 0 Å². The third-order valence-corrected chi connectivity index (χ3v) is 36.7. The van der Waals surface area contributed by atoms with Gasteiger partial charge in [0.15, 0.2) is 0 Å². The summed E-state index contributed by atoms with van der Waals surface area (Å²) in [6, 6.07) is 0. The Morgan fingerprint density at radius 1 is 0.476 bits per heavy atom. The molecule has 5 heteroatoms. The minimum absolute atomic E-state index is 0.737. The minimum atomic E-state index is -1.16. The van der Waals surface area contributed by atoms with E-state index >= 15 is 0 Å². The highest BCUT2D eigenvalue weighted by molar-refractivity contribution is 7.60. The molecule has 0 aromatic carbocycles. The number of rotatable bonds is 4. The maximum atomic E-state index is 2.67. The first-order valence-electron chi connectivity index (χ1n) is 8.65. The van der Waals surface area contributed by atoms with E-state index in [1.165, 1.54) is 0 Å². The molecule has 1 rings (SSSR count). The van der Waals surface area contributed by atoms with E-state index in [0.717, 1.165) is 8.81 Å². The normalized spacial score (nSPS) is 23.4. The summed E-state index contributed by atoms with van der Waals surface area (Å²) in [5.41, 5.74) is 0. The second-order valence-electron chi connectivity index (χ2n) is 11.3. The smallest absolute Gasteiger partial charge is 0.0530 e. The van der Waals surface area contributed by atoms with Crippen LogP contribution in [0.4, 0.5) is 0 Å². The maximum Gasteiger partial charge on any atom is 0.0530 e. The predicted octanol–water partition coefficient (Wildman–Crippen LogP) is 6.71. The third kappa shape index (κ3) is 3.14. The highest BCUT2D eigenvalue weighted by atomic mass is 31.1. The Labute approximate surface area is 141 Å². The van der Waals surface area contributed by atoms with Crippen molar-refractivity contribution in [1.82, 2.24) is 0 Å². The van der Waals surface area contributed by atoms with Gasteiger partial charge in [-0.3, -0.25) is 0 Å². The molecule has 0 amide bonds. The first kappa shape index (κ1) is 20.3. The molecule has 0 unspecified atom stereocenters. The molecular weight excluding hydrogens is 335 g/mol. The van der Waals surface area contributed by atoms with Gasteiger partial charge in [0.1, 0.15) is 0 Å². The van der Waals surface area contributed by atoms with E-state index in [-0.39, 0.29) is 0 Å². The van der Waals surface area contributed by atoms with Gasteiger partial charge in [0.2, 0.25) is 0 Å². The Bertz CT molecular complexity index is 324. The lowest BCUT2D eigenvalue weighted by atomic mass is 10.4. The summed E-state index contributed by atoms with van der Waals surface area (Å²) in [7, 11) is -2.72. The Hall–Kier alpha value is 1.30. The van der Waals surface area contributed by atoms with Gasteiger partial charge in [0, 0.05) is 0 Å². The third-order valence-electron chi connectivity index (χ3n) is 6.19. The molecule has 1 heterocycles. The van der Waals surface area contributed by atoms with Crippen molar-refractivity contribution < 1.29 is 0 Å². The molecule has 0 aromatic heterocycles. The van der Waals surface area contributed by atoms with Crippen LogP contribution in [0, 0.1) is 0 Å². The van der Waals surface area contributed by atoms with E-state index in [2.05, 4.69) is 78.6 Å². The van der Waals surface area contributed by atoms with Crippen molar-refractivity contribution in [2.45, 2.75) is 100 Å². The molecule has 0 saturated carbocycles. The fourth-order valence-electron chi connectivity index (χ4n) is 5.22. The molecule has 0 N–H and O–H groups in total. The van der Waals surface area contributed by atoms with Gasteiger partial charge in [0.05, 0.1) is 32.3 Å². The van der Waals surface area contributed by atoms with Crippen LogP contribution >= 0.6 is 8.58 Å². The van der Waals surface area contributed by atoms with Crippen molar-refractivity contribution in [3.05, 3.63) is 0 Å². The molecule has 0 spiro atoms. The summed E-state index contributed by atoms with van der Waals surface area (Å²) in [6.07, 6.45) is 3.10. The average molecular weight is 376 g/mol.